The number of nitrogens with zero attached hydrogens (tertiary/aromatic N) is 3. The number of hydrogen-bond acceptors (Lipinski definition) is 2. The van der Waals surface area contributed by atoms with Crippen LogP contribution in [-0.4, -0.2) is 14.5 Å². The molecule has 4 aromatic rings. The van der Waals surface area contributed by atoms with E-state index in [0.29, 0.717) is 17.2 Å². The normalized spacial score (nSPS) is 12.1. The summed E-state index contributed by atoms with van der Waals surface area (Å²) in [5.74, 6) is 1.28. The summed E-state index contributed by atoms with van der Waals surface area (Å²) in [6.07, 6.45) is 0.634. The maximum absolute atomic E-state index is 12.9. The lowest BCUT2D eigenvalue weighted by molar-refractivity contribution is -0.137. The van der Waals surface area contributed by atoms with E-state index in [1.54, 1.807) is 24.4 Å². The lowest BCUT2D eigenvalue weighted by atomic mass is 10.1. The van der Waals surface area contributed by atoms with Gasteiger partial charge in [-0.05, 0) is 48.0 Å². The predicted molar refractivity (Wildman–Crippen MR) is 99.2 cm³/mol. The van der Waals surface area contributed by atoms with Crippen molar-refractivity contribution in [2.24, 2.45) is 0 Å². The van der Waals surface area contributed by atoms with E-state index in [1.807, 2.05) is 47.0 Å². The number of halogens is 3. The molecule has 27 heavy (non-hydrogen) atoms. The van der Waals surface area contributed by atoms with Crippen LogP contribution in [-0.2, 0) is 6.18 Å². The Bertz CT molecular complexity index is 1110. The first-order chi connectivity index (χ1) is 13.0. The molecule has 0 bridgehead atoms. The maximum Gasteiger partial charge on any atom is 0.416 e. The summed E-state index contributed by atoms with van der Waals surface area (Å²) in [7, 11) is 0. The SMILES string of the molecule is FC(F)(F)c1cccc(C=Cc2nc3ccccc3n2-c2ccccn2)c1. The third-order valence-electron chi connectivity index (χ3n) is 4.10. The number of pyridine rings is 1. The molecule has 0 saturated heterocycles. The fourth-order valence-electron chi connectivity index (χ4n) is 2.87. The third kappa shape index (κ3) is 3.46. The number of imidazole rings is 1. The van der Waals surface area contributed by atoms with Crippen molar-refractivity contribution in [1.82, 2.24) is 14.5 Å². The molecule has 0 N–H and O–H groups in total. The van der Waals surface area contributed by atoms with Crippen molar-refractivity contribution in [3.63, 3.8) is 0 Å². The lowest BCUT2D eigenvalue weighted by Crippen LogP contribution is -2.04. The van der Waals surface area contributed by atoms with Gasteiger partial charge in [0.05, 0.1) is 16.6 Å². The molecule has 0 saturated carbocycles. The second-order valence-corrected chi connectivity index (χ2v) is 5.94. The number of aromatic nitrogens is 3. The molecule has 0 amide bonds. The highest BCUT2D eigenvalue weighted by Crippen LogP contribution is 2.30. The molecular weight excluding hydrogens is 351 g/mol. The Morgan fingerprint density at radius 2 is 1.67 bits per heavy atom. The molecule has 0 unspecified atom stereocenters. The van der Waals surface area contributed by atoms with Gasteiger partial charge >= 0.3 is 6.18 Å². The number of hydrogen-bond donors (Lipinski definition) is 0. The second-order valence-electron chi connectivity index (χ2n) is 5.94. The Balaban J connectivity index is 1.80. The van der Waals surface area contributed by atoms with Gasteiger partial charge in [0.2, 0.25) is 0 Å². The van der Waals surface area contributed by atoms with E-state index in [0.717, 1.165) is 23.2 Å². The first-order valence-electron chi connectivity index (χ1n) is 8.26. The highest BCUT2D eigenvalue weighted by Gasteiger charge is 2.30. The molecule has 0 radical (unpaired) electrons. The van der Waals surface area contributed by atoms with Crippen LogP contribution in [0.3, 0.4) is 0 Å². The molecule has 2 aromatic carbocycles. The van der Waals surface area contributed by atoms with E-state index < -0.39 is 11.7 Å². The van der Waals surface area contributed by atoms with Crippen LogP contribution < -0.4 is 0 Å². The Hall–Kier alpha value is -3.41. The number of benzene rings is 2. The van der Waals surface area contributed by atoms with E-state index in [9.17, 15) is 13.2 Å². The second kappa shape index (κ2) is 6.72. The Labute approximate surface area is 153 Å². The molecule has 0 atom stereocenters. The van der Waals surface area contributed by atoms with E-state index in [2.05, 4.69) is 9.97 Å². The molecule has 134 valence electrons. The van der Waals surface area contributed by atoms with Gasteiger partial charge in [-0.3, -0.25) is 4.57 Å². The van der Waals surface area contributed by atoms with E-state index in [4.69, 9.17) is 0 Å². The highest BCUT2D eigenvalue weighted by atomic mass is 19.4. The molecule has 4 rings (SSSR count). The van der Waals surface area contributed by atoms with Crippen LogP contribution in [0, 0.1) is 0 Å². The zero-order valence-corrected chi connectivity index (χ0v) is 14.1. The number of alkyl halides is 3. The lowest BCUT2D eigenvalue weighted by Gasteiger charge is -2.07. The Kier molecular flexibility index (Phi) is 4.24. The summed E-state index contributed by atoms with van der Waals surface area (Å²) < 4.78 is 40.6. The quantitative estimate of drug-likeness (QED) is 0.472. The minimum absolute atomic E-state index is 0.449. The number of fused-ring (bicyclic) bond motifs is 1. The van der Waals surface area contributed by atoms with Gasteiger partial charge in [-0.15, -0.1) is 0 Å². The van der Waals surface area contributed by atoms with Gasteiger partial charge < -0.3 is 0 Å². The molecular formula is C21H14F3N3. The van der Waals surface area contributed by atoms with Gasteiger partial charge in [-0.1, -0.05) is 36.4 Å². The fraction of sp³-hybridized carbons (Fsp3) is 0.0476. The number of para-hydroxylation sites is 2. The standard InChI is InChI=1S/C21H14F3N3/c22-21(23,24)16-7-5-6-15(14-16)11-12-20-26-17-8-1-2-9-18(17)27(20)19-10-3-4-13-25-19/h1-14H. The highest BCUT2D eigenvalue weighted by molar-refractivity contribution is 5.81. The van der Waals surface area contributed by atoms with Gasteiger partial charge in [0.1, 0.15) is 11.6 Å². The Morgan fingerprint density at radius 3 is 2.44 bits per heavy atom. The van der Waals surface area contributed by atoms with Gasteiger partial charge in [-0.25, -0.2) is 9.97 Å². The summed E-state index contributed by atoms with van der Waals surface area (Å²) in [4.78, 5) is 8.96. The minimum atomic E-state index is -4.37. The van der Waals surface area contributed by atoms with Crippen molar-refractivity contribution in [2.75, 3.05) is 0 Å². The van der Waals surface area contributed by atoms with Crippen LogP contribution in [0.1, 0.15) is 17.0 Å². The van der Waals surface area contributed by atoms with Crippen LogP contribution >= 0.6 is 0 Å². The summed E-state index contributed by atoms with van der Waals surface area (Å²) in [5, 5.41) is 0. The van der Waals surface area contributed by atoms with Crippen LogP contribution in [0.4, 0.5) is 13.2 Å². The smallest absolute Gasteiger partial charge is 0.277 e. The molecule has 0 aliphatic rings. The zero-order valence-electron chi connectivity index (χ0n) is 14.1. The Morgan fingerprint density at radius 1 is 0.852 bits per heavy atom. The monoisotopic (exact) mass is 365 g/mol. The van der Waals surface area contributed by atoms with Gasteiger partial charge in [0, 0.05) is 6.20 Å². The van der Waals surface area contributed by atoms with Crippen molar-refractivity contribution in [2.45, 2.75) is 6.18 Å². The predicted octanol–water partition coefficient (Wildman–Crippen LogP) is 5.61. The molecule has 2 aromatic heterocycles. The summed E-state index contributed by atoms with van der Waals surface area (Å²) in [6.45, 7) is 0. The molecule has 0 fully saturated rings. The van der Waals surface area contributed by atoms with Crippen molar-refractivity contribution in [1.29, 1.82) is 0 Å². The molecule has 0 aliphatic carbocycles. The summed E-state index contributed by atoms with van der Waals surface area (Å²) in [5.41, 5.74) is 1.43. The van der Waals surface area contributed by atoms with E-state index >= 15 is 0 Å². The average molecular weight is 365 g/mol. The third-order valence-corrected chi connectivity index (χ3v) is 4.10. The average Bonchev–Trinajstić information content (AvgIpc) is 3.05. The van der Waals surface area contributed by atoms with Crippen LogP contribution in [0.25, 0.3) is 29.0 Å². The van der Waals surface area contributed by atoms with Crippen molar-refractivity contribution >= 4 is 23.2 Å². The zero-order chi connectivity index (χ0) is 18.9. The van der Waals surface area contributed by atoms with Gasteiger partial charge in [-0.2, -0.15) is 13.2 Å². The molecule has 0 spiro atoms. The summed E-state index contributed by atoms with van der Waals surface area (Å²) in [6, 6.07) is 18.3. The topological polar surface area (TPSA) is 30.7 Å². The van der Waals surface area contributed by atoms with Crippen LogP contribution in [0.2, 0.25) is 0 Å². The fourth-order valence-corrected chi connectivity index (χ4v) is 2.87. The van der Waals surface area contributed by atoms with Crippen LogP contribution in [0.15, 0.2) is 72.9 Å². The van der Waals surface area contributed by atoms with Gasteiger partial charge in [0.25, 0.3) is 0 Å². The molecule has 6 heteroatoms. The van der Waals surface area contributed by atoms with Crippen molar-refractivity contribution in [3.05, 3.63) is 89.9 Å². The number of rotatable bonds is 3. The van der Waals surface area contributed by atoms with E-state index in [-0.39, 0.29) is 0 Å². The molecule has 0 aliphatic heterocycles. The van der Waals surface area contributed by atoms with E-state index in [1.165, 1.54) is 6.07 Å². The first kappa shape index (κ1) is 17.0. The van der Waals surface area contributed by atoms with Crippen molar-refractivity contribution < 1.29 is 13.2 Å². The molecule has 2 heterocycles. The largest absolute Gasteiger partial charge is 0.416 e. The maximum atomic E-state index is 12.9. The summed E-state index contributed by atoms with van der Waals surface area (Å²) >= 11 is 0. The minimum Gasteiger partial charge on any atom is -0.277 e. The van der Waals surface area contributed by atoms with Crippen molar-refractivity contribution in [3.8, 4) is 5.82 Å². The first-order valence-corrected chi connectivity index (χ1v) is 8.26. The molecule has 3 nitrogen and oxygen atoms in total. The van der Waals surface area contributed by atoms with Gasteiger partial charge in [0.15, 0.2) is 0 Å². The van der Waals surface area contributed by atoms with Crippen LogP contribution in [0.5, 0.6) is 0 Å².